The quantitative estimate of drug-likeness (QED) is 0.793. The summed E-state index contributed by atoms with van der Waals surface area (Å²) >= 11 is 0. The van der Waals surface area contributed by atoms with E-state index in [-0.39, 0.29) is 6.04 Å². The second-order valence-corrected chi connectivity index (χ2v) is 6.11. The number of nitrogens with zero attached hydrogens (tertiary/aromatic N) is 1. The van der Waals surface area contributed by atoms with Gasteiger partial charge in [0.05, 0.1) is 0 Å². The summed E-state index contributed by atoms with van der Waals surface area (Å²) in [6.07, 6.45) is 1.15. The number of nitrogens with one attached hydrogen (secondary N) is 1. The predicted octanol–water partition coefficient (Wildman–Crippen LogP) is 3.93. The Kier molecular flexibility index (Phi) is 6.34. The summed E-state index contributed by atoms with van der Waals surface area (Å²) in [7, 11) is 2.09. The van der Waals surface area contributed by atoms with Gasteiger partial charge in [-0.25, -0.2) is 0 Å². The van der Waals surface area contributed by atoms with E-state index in [1.54, 1.807) is 0 Å². The molecule has 1 aromatic carbocycles. The highest BCUT2D eigenvalue weighted by Crippen LogP contribution is 2.30. The van der Waals surface area contributed by atoms with Gasteiger partial charge in [-0.1, -0.05) is 26.8 Å². The first-order valence-electron chi connectivity index (χ1n) is 7.65. The normalized spacial score (nSPS) is 14.3. The molecule has 20 heavy (non-hydrogen) atoms. The van der Waals surface area contributed by atoms with E-state index in [9.17, 15) is 5.11 Å². The Hall–Kier alpha value is -1.22. The van der Waals surface area contributed by atoms with Crippen LogP contribution in [0.1, 0.15) is 52.6 Å². The molecule has 0 aliphatic carbocycles. The number of hydrogen-bond acceptors (Lipinski definition) is 3. The predicted molar refractivity (Wildman–Crippen MR) is 87.5 cm³/mol. The molecule has 0 aliphatic heterocycles. The summed E-state index contributed by atoms with van der Waals surface area (Å²) in [4.78, 5) is 2.24. The van der Waals surface area contributed by atoms with Crippen molar-refractivity contribution in [2.75, 3.05) is 18.5 Å². The lowest BCUT2D eigenvalue weighted by atomic mass is 10.0. The molecule has 2 atom stereocenters. The molecule has 0 spiro atoms. The lowest BCUT2D eigenvalue weighted by molar-refractivity contribution is 0.454. The van der Waals surface area contributed by atoms with Crippen LogP contribution in [0.25, 0.3) is 0 Å². The molecule has 2 N–H and O–H groups in total. The molecule has 0 radical (unpaired) electrons. The van der Waals surface area contributed by atoms with Crippen molar-refractivity contribution < 1.29 is 5.11 Å². The monoisotopic (exact) mass is 278 g/mol. The van der Waals surface area contributed by atoms with Crippen molar-refractivity contribution in [1.29, 1.82) is 0 Å². The second kappa shape index (κ2) is 7.53. The van der Waals surface area contributed by atoms with Crippen molar-refractivity contribution in [3.63, 3.8) is 0 Å². The zero-order chi connectivity index (χ0) is 15.3. The van der Waals surface area contributed by atoms with E-state index in [1.807, 2.05) is 12.1 Å². The summed E-state index contributed by atoms with van der Waals surface area (Å²) in [5.41, 5.74) is 2.03. The Bertz CT molecular complexity index is 417. The molecule has 0 aromatic heterocycles. The average molecular weight is 278 g/mol. The van der Waals surface area contributed by atoms with E-state index in [0.717, 1.165) is 24.2 Å². The Balaban J connectivity index is 2.86. The summed E-state index contributed by atoms with van der Waals surface area (Å²) in [5, 5.41) is 13.6. The molecule has 3 heteroatoms. The number of aromatic hydroxyl groups is 1. The third-order valence-electron chi connectivity index (χ3n) is 3.87. The highest BCUT2D eigenvalue weighted by molar-refractivity contribution is 5.54. The van der Waals surface area contributed by atoms with E-state index in [0.29, 0.717) is 17.7 Å². The van der Waals surface area contributed by atoms with Crippen LogP contribution in [0.3, 0.4) is 0 Å². The van der Waals surface area contributed by atoms with E-state index in [1.165, 1.54) is 0 Å². The number of rotatable bonds is 7. The maximum Gasteiger partial charge on any atom is 0.122 e. The lowest BCUT2D eigenvalue weighted by Gasteiger charge is -2.29. The smallest absolute Gasteiger partial charge is 0.122 e. The first kappa shape index (κ1) is 16.8. The van der Waals surface area contributed by atoms with Crippen LogP contribution in [0.4, 0.5) is 5.69 Å². The van der Waals surface area contributed by atoms with Crippen LogP contribution in [-0.2, 0) is 0 Å². The third-order valence-corrected chi connectivity index (χ3v) is 3.87. The average Bonchev–Trinajstić information content (AvgIpc) is 2.37. The fraction of sp³-hybridized carbons (Fsp3) is 0.647. The van der Waals surface area contributed by atoms with Crippen molar-refractivity contribution in [3.8, 4) is 5.75 Å². The molecule has 2 unspecified atom stereocenters. The lowest BCUT2D eigenvalue weighted by Crippen LogP contribution is -2.30. The summed E-state index contributed by atoms with van der Waals surface area (Å²) in [6.45, 7) is 11.7. The first-order valence-corrected chi connectivity index (χ1v) is 7.65. The molecule has 1 aromatic rings. The molecular formula is C17H30N2O. The molecule has 0 saturated carbocycles. The Morgan fingerprint density at radius 3 is 2.35 bits per heavy atom. The number of hydrogen-bond donors (Lipinski definition) is 2. The van der Waals surface area contributed by atoms with Crippen molar-refractivity contribution in [2.45, 2.75) is 53.1 Å². The van der Waals surface area contributed by atoms with Crippen LogP contribution < -0.4 is 10.2 Å². The highest BCUT2D eigenvalue weighted by atomic mass is 16.3. The molecule has 0 heterocycles. The number of phenols is 1. The highest BCUT2D eigenvalue weighted by Gasteiger charge is 2.15. The van der Waals surface area contributed by atoms with Gasteiger partial charge < -0.3 is 15.3 Å². The zero-order valence-corrected chi connectivity index (χ0v) is 13.8. The molecular weight excluding hydrogens is 248 g/mol. The van der Waals surface area contributed by atoms with E-state index < -0.39 is 0 Å². The molecule has 0 aliphatic rings. The summed E-state index contributed by atoms with van der Waals surface area (Å²) in [6, 6.07) is 6.63. The van der Waals surface area contributed by atoms with E-state index in [4.69, 9.17) is 0 Å². The largest absolute Gasteiger partial charge is 0.508 e. The minimum Gasteiger partial charge on any atom is -0.508 e. The number of anilines is 1. The molecule has 0 bridgehead atoms. The van der Waals surface area contributed by atoms with Gasteiger partial charge in [-0.3, -0.25) is 0 Å². The molecule has 1 rings (SSSR count). The van der Waals surface area contributed by atoms with Gasteiger partial charge in [-0.2, -0.15) is 0 Å². The first-order chi connectivity index (χ1) is 9.36. The van der Waals surface area contributed by atoms with Crippen LogP contribution in [-0.4, -0.2) is 24.7 Å². The van der Waals surface area contributed by atoms with Crippen LogP contribution in [0.2, 0.25) is 0 Å². The Labute approximate surface area is 124 Å². The Morgan fingerprint density at radius 1 is 1.20 bits per heavy atom. The van der Waals surface area contributed by atoms with Gasteiger partial charge in [0.25, 0.3) is 0 Å². The maximum atomic E-state index is 10.2. The van der Waals surface area contributed by atoms with Crippen molar-refractivity contribution >= 4 is 5.69 Å². The zero-order valence-electron chi connectivity index (χ0n) is 13.8. The SMILES string of the molecule is CCNC(C)c1ccc(N(C)C(C)CC(C)C)cc1O. The van der Waals surface area contributed by atoms with Crippen molar-refractivity contribution in [2.24, 2.45) is 5.92 Å². The van der Waals surface area contributed by atoms with Gasteiger partial charge in [-0.05, 0) is 38.8 Å². The number of benzene rings is 1. The molecule has 3 nitrogen and oxygen atoms in total. The fourth-order valence-corrected chi connectivity index (χ4v) is 2.63. The molecule has 0 saturated heterocycles. The van der Waals surface area contributed by atoms with Gasteiger partial charge in [0.1, 0.15) is 5.75 Å². The van der Waals surface area contributed by atoms with Crippen LogP contribution in [0.5, 0.6) is 5.75 Å². The van der Waals surface area contributed by atoms with Crippen LogP contribution in [0, 0.1) is 5.92 Å². The fourth-order valence-electron chi connectivity index (χ4n) is 2.63. The van der Waals surface area contributed by atoms with Crippen molar-refractivity contribution in [1.82, 2.24) is 5.32 Å². The van der Waals surface area contributed by atoms with E-state index in [2.05, 4.69) is 57.9 Å². The van der Waals surface area contributed by atoms with Gasteiger partial charge in [-0.15, -0.1) is 0 Å². The minimum atomic E-state index is 0.174. The standard InChI is InChI=1S/C17H30N2O/c1-7-18-14(5)16-9-8-15(11-17(16)20)19(6)13(4)10-12(2)3/h8-9,11-14,18,20H,7,10H2,1-6H3. The van der Waals surface area contributed by atoms with Crippen molar-refractivity contribution in [3.05, 3.63) is 23.8 Å². The molecule has 0 fully saturated rings. The third kappa shape index (κ3) is 4.41. The minimum absolute atomic E-state index is 0.174. The summed E-state index contributed by atoms with van der Waals surface area (Å²) in [5.74, 6) is 1.05. The molecule has 114 valence electrons. The van der Waals surface area contributed by atoms with Gasteiger partial charge in [0.15, 0.2) is 0 Å². The van der Waals surface area contributed by atoms with Crippen LogP contribution in [0.15, 0.2) is 18.2 Å². The summed E-state index contributed by atoms with van der Waals surface area (Å²) < 4.78 is 0. The van der Waals surface area contributed by atoms with Crippen LogP contribution >= 0.6 is 0 Å². The second-order valence-electron chi connectivity index (χ2n) is 6.11. The van der Waals surface area contributed by atoms with Gasteiger partial charge in [0.2, 0.25) is 0 Å². The topological polar surface area (TPSA) is 35.5 Å². The van der Waals surface area contributed by atoms with Gasteiger partial charge in [0, 0.05) is 36.4 Å². The number of phenolic OH excluding ortho intramolecular Hbond substituents is 1. The molecule has 0 amide bonds. The van der Waals surface area contributed by atoms with E-state index >= 15 is 0 Å². The maximum absolute atomic E-state index is 10.2. The Morgan fingerprint density at radius 2 is 1.85 bits per heavy atom. The van der Waals surface area contributed by atoms with Gasteiger partial charge >= 0.3 is 0 Å².